The fourth-order valence-electron chi connectivity index (χ4n) is 5.42. The normalized spacial score (nSPS) is 13.0. The Balaban J connectivity index is 1.67. The third kappa shape index (κ3) is 4.73. The second kappa shape index (κ2) is 10.1. The van der Waals surface area contributed by atoms with E-state index in [9.17, 15) is 8.78 Å². The molecule has 3 aromatic heterocycles. The van der Waals surface area contributed by atoms with Gasteiger partial charge in [-0.05, 0) is 77.4 Å². The quantitative estimate of drug-likeness (QED) is 0.157. The molecule has 2 aliphatic rings. The molecule has 0 fully saturated rings. The Bertz CT molecular complexity index is 1960. The first-order valence-corrected chi connectivity index (χ1v) is 13.8. The Morgan fingerprint density at radius 2 is 0.953 bits per heavy atom. The van der Waals surface area contributed by atoms with Gasteiger partial charge in [0.15, 0.2) is 0 Å². The van der Waals surface area contributed by atoms with Crippen molar-refractivity contribution < 1.29 is 17.6 Å². The van der Waals surface area contributed by atoms with Gasteiger partial charge < -0.3 is 9.97 Å². The van der Waals surface area contributed by atoms with Crippen molar-refractivity contribution >= 4 is 58.0 Å². The van der Waals surface area contributed by atoms with Gasteiger partial charge in [0.25, 0.3) is 0 Å². The summed E-state index contributed by atoms with van der Waals surface area (Å²) in [6.07, 6.45) is 5.66. The van der Waals surface area contributed by atoms with Gasteiger partial charge in [0, 0.05) is 33.2 Å². The number of nitrogens with zero attached hydrogens (tertiary/aromatic N) is 2. The molecule has 2 aromatic carbocycles. The van der Waals surface area contributed by atoms with Crippen molar-refractivity contribution in [3.63, 3.8) is 0 Å². The summed E-state index contributed by atoms with van der Waals surface area (Å²) in [4.78, 5) is 15.7. The minimum absolute atomic E-state index is 0.318. The Morgan fingerprint density at radius 3 is 1.37 bits per heavy atom. The highest BCUT2D eigenvalue weighted by molar-refractivity contribution is 6.22. The Kier molecular flexibility index (Phi) is 6.32. The number of aromatic amines is 2. The molecule has 212 valence electrons. The first-order chi connectivity index (χ1) is 20.7. The van der Waals surface area contributed by atoms with Gasteiger partial charge in [-0.2, -0.15) is 17.6 Å². The lowest BCUT2D eigenvalue weighted by Crippen LogP contribution is -2.34. The van der Waals surface area contributed by atoms with Crippen LogP contribution in [0.5, 0.6) is 0 Å². The van der Waals surface area contributed by atoms with Crippen molar-refractivity contribution in [2.24, 2.45) is 0 Å². The van der Waals surface area contributed by atoms with Crippen LogP contribution in [0.1, 0.15) is 28.3 Å². The van der Waals surface area contributed by atoms with Gasteiger partial charge in [0.1, 0.15) is 0 Å². The van der Waals surface area contributed by atoms with Crippen LogP contribution in [0.3, 0.4) is 0 Å². The summed E-state index contributed by atoms with van der Waals surface area (Å²) in [5.74, 6) is -4.80. The molecule has 2 aliphatic heterocycles. The van der Waals surface area contributed by atoms with Crippen molar-refractivity contribution in [3.05, 3.63) is 119 Å². The average Bonchev–Trinajstić information content (AvgIpc) is 3.80. The van der Waals surface area contributed by atoms with E-state index in [1.165, 1.54) is 24.3 Å². The number of nitrogens with one attached hydrogen (secondary N) is 2. The first kappa shape index (κ1) is 26.9. The predicted octanol–water partition coefficient (Wildman–Crippen LogP) is 9.91. The Hall–Kier alpha value is -4.95. The van der Waals surface area contributed by atoms with E-state index in [2.05, 4.69) is 19.9 Å². The van der Waals surface area contributed by atoms with Crippen molar-refractivity contribution in [2.45, 2.75) is 11.3 Å². The molecule has 0 atom stereocenters. The van der Waals surface area contributed by atoms with Crippen LogP contribution in [0.2, 0.25) is 0 Å². The monoisotopic (exact) mass is 596 g/mol. The van der Waals surface area contributed by atoms with Gasteiger partial charge in [0.2, 0.25) is 0 Å². The van der Waals surface area contributed by atoms with E-state index in [4.69, 9.17) is 11.6 Å². The number of hydrogen-bond acceptors (Lipinski definition) is 2. The second-order valence-corrected chi connectivity index (χ2v) is 10.6. The molecule has 0 radical (unpaired) electrons. The lowest BCUT2D eigenvalue weighted by atomic mass is 10.0. The lowest BCUT2D eigenvalue weighted by Gasteiger charge is -2.22. The number of benzene rings is 2. The fourth-order valence-corrected chi connectivity index (χ4v) is 5.51. The molecule has 8 bridgehead atoms. The minimum Gasteiger partial charge on any atom is -0.355 e. The standard InChI is InChI=1S/C34H21ClF4N4/c35-34(38,39)33(36,37)32-28-17-15-26(42-28)30(20-7-3-1-4-8-20)24-13-11-22(40-24)19-23-12-14-25(41-23)31(21-9-5-2-6-10-21)27-16-18-29(32)43-27/h1-19,40-41H. The van der Waals surface area contributed by atoms with Crippen LogP contribution < -0.4 is 0 Å². The average molecular weight is 597 g/mol. The number of halogens is 5. The Morgan fingerprint density at radius 1 is 0.535 bits per heavy atom. The topological polar surface area (TPSA) is 57.4 Å². The van der Waals surface area contributed by atoms with Gasteiger partial charge in [-0.3, -0.25) is 0 Å². The van der Waals surface area contributed by atoms with E-state index >= 15 is 8.78 Å². The molecule has 0 saturated carbocycles. The van der Waals surface area contributed by atoms with Crippen molar-refractivity contribution in [3.8, 4) is 22.3 Å². The second-order valence-electron chi connectivity index (χ2n) is 10.2. The molecule has 2 N–H and O–H groups in total. The summed E-state index contributed by atoms with van der Waals surface area (Å²) in [7, 11) is 0. The molecule has 0 aliphatic carbocycles. The maximum absolute atomic E-state index is 15.6. The number of fused-ring (bicyclic) bond motifs is 8. The smallest absolute Gasteiger partial charge is 0.355 e. The third-order valence-corrected chi connectivity index (χ3v) is 7.60. The molecule has 4 nitrogen and oxygen atoms in total. The zero-order valence-electron chi connectivity index (χ0n) is 22.3. The number of H-pyrrole nitrogens is 2. The van der Waals surface area contributed by atoms with E-state index in [-0.39, 0.29) is 11.4 Å². The van der Waals surface area contributed by atoms with Gasteiger partial charge in [0.05, 0.1) is 28.3 Å². The molecular formula is C34H21ClF4N4. The maximum atomic E-state index is 15.6. The molecule has 9 heteroatoms. The summed E-state index contributed by atoms with van der Waals surface area (Å²) in [6.45, 7) is 0. The maximum Gasteiger partial charge on any atom is 0.388 e. The highest BCUT2D eigenvalue weighted by atomic mass is 35.5. The van der Waals surface area contributed by atoms with Gasteiger partial charge in [-0.15, -0.1) is 0 Å². The largest absolute Gasteiger partial charge is 0.388 e. The van der Waals surface area contributed by atoms with Crippen LogP contribution in [-0.4, -0.2) is 25.3 Å². The van der Waals surface area contributed by atoms with Crippen LogP contribution in [0.25, 0.3) is 68.6 Å². The molecule has 0 amide bonds. The number of hydrogen-bond donors (Lipinski definition) is 2. The molecule has 5 aromatic rings. The number of aromatic nitrogens is 4. The molecule has 0 unspecified atom stereocenters. The summed E-state index contributed by atoms with van der Waals surface area (Å²) in [6, 6.07) is 28.0. The van der Waals surface area contributed by atoms with Gasteiger partial charge >= 0.3 is 11.3 Å². The minimum atomic E-state index is -4.90. The van der Waals surface area contributed by atoms with Crippen LogP contribution >= 0.6 is 11.6 Å². The highest BCUT2D eigenvalue weighted by Crippen LogP contribution is 2.49. The van der Waals surface area contributed by atoms with E-state index in [1.807, 2.05) is 91.0 Å². The Labute approximate surface area is 248 Å². The van der Waals surface area contributed by atoms with E-state index in [0.717, 1.165) is 22.2 Å². The van der Waals surface area contributed by atoms with Crippen LogP contribution in [-0.2, 0) is 5.92 Å². The zero-order valence-corrected chi connectivity index (χ0v) is 23.0. The predicted molar refractivity (Wildman–Crippen MR) is 164 cm³/mol. The van der Waals surface area contributed by atoms with Crippen LogP contribution in [0, 0.1) is 0 Å². The van der Waals surface area contributed by atoms with Crippen LogP contribution in [0.15, 0.2) is 91.0 Å². The highest BCUT2D eigenvalue weighted by Gasteiger charge is 2.58. The van der Waals surface area contributed by atoms with E-state index < -0.39 is 16.9 Å². The summed E-state index contributed by atoms with van der Waals surface area (Å²) in [5.41, 5.74) is 4.51. The summed E-state index contributed by atoms with van der Waals surface area (Å²) < 4.78 is 60.0. The lowest BCUT2D eigenvalue weighted by molar-refractivity contribution is -0.164. The van der Waals surface area contributed by atoms with Crippen LogP contribution in [0.4, 0.5) is 17.6 Å². The van der Waals surface area contributed by atoms with Gasteiger partial charge in [-0.1, -0.05) is 60.7 Å². The third-order valence-electron chi connectivity index (χ3n) is 7.37. The van der Waals surface area contributed by atoms with Crippen molar-refractivity contribution in [2.75, 3.05) is 0 Å². The van der Waals surface area contributed by atoms with E-state index in [0.29, 0.717) is 33.5 Å². The van der Waals surface area contributed by atoms with Gasteiger partial charge in [-0.25, -0.2) is 9.97 Å². The van der Waals surface area contributed by atoms with E-state index in [1.54, 1.807) is 0 Å². The molecule has 43 heavy (non-hydrogen) atoms. The molecule has 5 heterocycles. The van der Waals surface area contributed by atoms with Crippen molar-refractivity contribution in [1.82, 2.24) is 19.9 Å². The first-order valence-electron chi connectivity index (χ1n) is 13.4. The zero-order chi connectivity index (χ0) is 29.8. The molecular weight excluding hydrogens is 576 g/mol. The molecule has 0 saturated heterocycles. The number of alkyl halides is 5. The molecule has 7 rings (SSSR count). The summed E-state index contributed by atoms with van der Waals surface area (Å²) >= 11 is 5.05. The SMILES string of the molecule is FC(F)(Cl)C(F)(F)c1c2nc(c(-c3ccccc3)c3ccc(cc4ccc([nH]4)c(-c4ccccc4)c4nc1C=C4)[nH]3)C=C2. The molecule has 0 spiro atoms. The fraction of sp³-hybridized carbons (Fsp3) is 0.0588. The summed E-state index contributed by atoms with van der Waals surface area (Å²) in [5, 5.41) is -4.90. The van der Waals surface area contributed by atoms with Crippen molar-refractivity contribution in [1.29, 1.82) is 0 Å². The number of rotatable bonds is 4.